The molecular formula is C14H12Cl2FN. The van der Waals surface area contributed by atoms with Crippen LogP contribution >= 0.6 is 23.2 Å². The fourth-order valence-corrected chi connectivity index (χ4v) is 2.04. The van der Waals surface area contributed by atoms with E-state index in [0.29, 0.717) is 22.0 Å². The van der Waals surface area contributed by atoms with E-state index in [9.17, 15) is 4.39 Å². The predicted molar refractivity (Wildman–Crippen MR) is 73.5 cm³/mol. The molecule has 2 rings (SSSR count). The largest absolute Gasteiger partial charge is 0.324 e. The van der Waals surface area contributed by atoms with Gasteiger partial charge in [-0.2, -0.15) is 0 Å². The van der Waals surface area contributed by atoms with Gasteiger partial charge in [0.25, 0.3) is 0 Å². The van der Waals surface area contributed by atoms with Crippen molar-refractivity contribution in [1.82, 2.24) is 0 Å². The lowest BCUT2D eigenvalue weighted by Gasteiger charge is -2.13. The van der Waals surface area contributed by atoms with Crippen molar-refractivity contribution in [3.63, 3.8) is 0 Å². The van der Waals surface area contributed by atoms with Crippen molar-refractivity contribution >= 4 is 23.2 Å². The van der Waals surface area contributed by atoms with Gasteiger partial charge in [0.15, 0.2) is 0 Å². The van der Waals surface area contributed by atoms with Crippen LogP contribution in [-0.4, -0.2) is 0 Å². The smallest absolute Gasteiger partial charge is 0.127 e. The lowest BCUT2D eigenvalue weighted by molar-refractivity contribution is 0.593. The summed E-state index contributed by atoms with van der Waals surface area (Å²) in [4.78, 5) is 0. The Bertz CT molecular complexity index is 540. The summed E-state index contributed by atoms with van der Waals surface area (Å²) >= 11 is 11.5. The molecule has 0 radical (unpaired) electrons. The lowest BCUT2D eigenvalue weighted by atomic mass is 9.99. The number of benzene rings is 2. The zero-order chi connectivity index (χ0) is 13.1. The molecule has 0 amide bonds. The second kappa shape index (κ2) is 5.70. The van der Waals surface area contributed by atoms with Crippen molar-refractivity contribution in [2.45, 2.75) is 12.5 Å². The van der Waals surface area contributed by atoms with Crippen LogP contribution in [0.4, 0.5) is 4.39 Å². The molecule has 2 aromatic rings. The summed E-state index contributed by atoms with van der Waals surface area (Å²) in [5.74, 6) is -0.327. The first-order valence-corrected chi connectivity index (χ1v) is 6.27. The van der Waals surface area contributed by atoms with Crippen LogP contribution in [0.3, 0.4) is 0 Å². The molecule has 1 nitrogen and oxygen atoms in total. The second-order valence-corrected chi connectivity index (χ2v) is 4.97. The molecule has 0 aliphatic heterocycles. The summed E-state index contributed by atoms with van der Waals surface area (Å²) in [5.41, 5.74) is 7.52. The Hall–Kier alpha value is -1.09. The van der Waals surface area contributed by atoms with Gasteiger partial charge in [0.2, 0.25) is 0 Å². The van der Waals surface area contributed by atoms with E-state index in [1.54, 1.807) is 24.3 Å². The fourth-order valence-electron chi connectivity index (χ4n) is 1.75. The standard InChI is InChI=1S/C14H12Cl2FN/c15-11-4-1-9(2-5-11)14(18)7-10-3-6-12(16)8-13(10)17/h1-6,8,14H,7,18H2. The van der Waals surface area contributed by atoms with Crippen LogP contribution < -0.4 is 5.73 Å². The molecule has 4 heteroatoms. The molecular weight excluding hydrogens is 272 g/mol. The lowest BCUT2D eigenvalue weighted by Crippen LogP contribution is -2.14. The fraction of sp³-hybridized carbons (Fsp3) is 0.143. The third-order valence-electron chi connectivity index (χ3n) is 2.75. The monoisotopic (exact) mass is 283 g/mol. The van der Waals surface area contributed by atoms with E-state index in [1.165, 1.54) is 6.07 Å². The van der Waals surface area contributed by atoms with Gasteiger partial charge < -0.3 is 5.73 Å². The van der Waals surface area contributed by atoms with Crippen molar-refractivity contribution < 1.29 is 4.39 Å². The predicted octanol–water partition coefficient (Wildman–Crippen LogP) is 4.38. The van der Waals surface area contributed by atoms with Crippen molar-refractivity contribution in [1.29, 1.82) is 0 Å². The molecule has 0 heterocycles. The molecule has 0 spiro atoms. The summed E-state index contributed by atoms with van der Waals surface area (Å²) in [7, 11) is 0. The molecule has 18 heavy (non-hydrogen) atoms. The van der Waals surface area contributed by atoms with Crippen LogP contribution in [0.15, 0.2) is 42.5 Å². The Morgan fingerprint density at radius 3 is 2.22 bits per heavy atom. The Morgan fingerprint density at radius 2 is 1.61 bits per heavy atom. The SMILES string of the molecule is NC(Cc1ccc(Cl)cc1F)c1ccc(Cl)cc1. The minimum Gasteiger partial charge on any atom is -0.324 e. The molecule has 0 aliphatic carbocycles. The molecule has 1 atom stereocenters. The summed E-state index contributed by atoms with van der Waals surface area (Å²) < 4.78 is 13.6. The zero-order valence-corrected chi connectivity index (χ0v) is 11.0. The summed E-state index contributed by atoms with van der Waals surface area (Å²) in [5, 5.41) is 1.04. The topological polar surface area (TPSA) is 26.0 Å². The van der Waals surface area contributed by atoms with E-state index in [1.807, 2.05) is 12.1 Å². The second-order valence-electron chi connectivity index (χ2n) is 4.10. The average molecular weight is 284 g/mol. The average Bonchev–Trinajstić information content (AvgIpc) is 2.33. The first-order chi connectivity index (χ1) is 8.56. The Kier molecular flexibility index (Phi) is 4.23. The molecule has 0 bridgehead atoms. The quantitative estimate of drug-likeness (QED) is 0.889. The van der Waals surface area contributed by atoms with E-state index >= 15 is 0 Å². The zero-order valence-electron chi connectivity index (χ0n) is 9.54. The van der Waals surface area contributed by atoms with Crippen LogP contribution in [0, 0.1) is 5.82 Å². The van der Waals surface area contributed by atoms with Gasteiger partial charge in [-0.15, -0.1) is 0 Å². The maximum absolute atomic E-state index is 13.6. The minimum atomic E-state index is -0.327. The molecule has 2 N–H and O–H groups in total. The van der Waals surface area contributed by atoms with Crippen LogP contribution in [-0.2, 0) is 6.42 Å². The number of hydrogen-bond acceptors (Lipinski definition) is 1. The molecule has 2 aromatic carbocycles. The van der Waals surface area contributed by atoms with Gasteiger partial charge in [0.05, 0.1) is 0 Å². The highest BCUT2D eigenvalue weighted by molar-refractivity contribution is 6.30. The third-order valence-corrected chi connectivity index (χ3v) is 3.24. The van der Waals surface area contributed by atoms with Crippen molar-refractivity contribution in [3.8, 4) is 0 Å². The van der Waals surface area contributed by atoms with Gasteiger partial charge in [0, 0.05) is 16.1 Å². The Balaban J connectivity index is 2.15. The molecule has 0 aromatic heterocycles. The molecule has 1 unspecified atom stereocenters. The first kappa shape index (κ1) is 13.3. The van der Waals surface area contributed by atoms with Gasteiger partial charge in [-0.05, 0) is 41.8 Å². The first-order valence-electron chi connectivity index (χ1n) is 5.51. The highest BCUT2D eigenvalue weighted by atomic mass is 35.5. The third kappa shape index (κ3) is 3.22. The van der Waals surface area contributed by atoms with E-state index in [-0.39, 0.29) is 11.9 Å². The molecule has 0 aliphatic rings. The Morgan fingerprint density at radius 1 is 1.00 bits per heavy atom. The maximum Gasteiger partial charge on any atom is 0.127 e. The number of nitrogens with two attached hydrogens (primary N) is 1. The van der Waals surface area contributed by atoms with E-state index < -0.39 is 0 Å². The summed E-state index contributed by atoms with van der Waals surface area (Å²) in [6, 6.07) is 11.6. The minimum absolute atomic E-state index is 0.266. The normalized spacial score (nSPS) is 12.4. The van der Waals surface area contributed by atoms with Gasteiger partial charge in [-0.3, -0.25) is 0 Å². The highest BCUT2D eigenvalue weighted by Crippen LogP contribution is 2.21. The van der Waals surface area contributed by atoms with E-state index in [2.05, 4.69) is 0 Å². The number of rotatable bonds is 3. The highest BCUT2D eigenvalue weighted by Gasteiger charge is 2.10. The summed E-state index contributed by atoms with van der Waals surface area (Å²) in [6.07, 6.45) is 0.421. The molecule has 0 fully saturated rings. The van der Waals surface area contributed by atoms with Gasteiger partial charge >= 0.3 is 0 Å². The number of hydrogen-bond donors (Lipinski definition) is 1. The van der Waals surface area contributed by atoms with Crippen molar-refractivity contribution in [2.24, 2.45) is 5.73 Å². The Labute approximate surface area is 115 Å². The number of halogens is 3. The van der Waals surface area contributed by atoms with Crippen LogP contribution in [0.5, 0.6) is 0 Å². The van der Waals surface area contributed by atoms with Crippen LogP contribution in [0.25, 0.3) is 0 Å². The van der Waals surface area contributed by atoms with Crippen LogP contribution in [0.1, 0.15) is 17.2 Å². The van der Waals surface area contributed by atoms with E-state index in [4.69, 9.17) is 28.9 Å². The van der Waals surface area contributed by atoms with Gasteiger partial charge in [0.1, 0.15) is 5.82 Å². The van der Waals surface area contributed by atoms with Gasteiger partial charge in [-0.1, -0.05) is 41.4 Å². The molecule has 94 valence electrons. The van der Waals surface area contributed by atoms with Crippen LogP contribution in [0.2, 0.25) is 10.0 Å². The molecule has 0 saturated heterocycles. The maximum atomic E-state index is 13.6. The summed E-state index contributed by atoms with van der Waals surface area (Å²) in [6.45, 7) is 0. The van der Waals surface area contributed by atoms with E-state index in [0.717, 1.165) is 5.56 Å². The van der Waals surface area contributed by atoms with Crippen molar-refractivity contribution in [3.05, 3.63) is 69.5 Å². The molecule has 0 saturated carbocycles. The van der Waals surface area contributed by atoms with Gasteiger partial charge in [-0.25, -0.2) is 4.39 Å². The van der Waals surface area contributed by atoms with Crippen molar-refractivity contribution in [2.75, 3.05) is 0 Å².